The third-order valence-electron chi connectivity index (χ3n) is 12.7. The highest BCUT2D eigenvalue weighted by atomic mass is 19.1. The maximum Gasteiger partial charge on any atom is 0.271 e. The van der Waals surface area contributed by atoms with Gasteiger partial charge in [0.05, 0.1) is 46.4 Å². The van der Waals surface area contributed by atoms with Gasteiger partial charge in [-0.05, 0) is 87.3 Å². The number of piperidine rings is 2. The Hall–Kier alpha value is -6.54. The molecule has 4 aliphatic heterocycles. The quantitative estimate of drug-likeness (QED) is 0.233. The number of piperazine rings is 1. The van der Waals surface area contributed by atoms with Gasteiger partial charge in [-0.2, -0.15) is 5.26 Å². The first-order chi connectivity index (χ1) is 29.6. The van der Waals surface area contributed by atoms with Crippen LogP contribution in [0, 0.1) is 23.1 Å². The zero-order valence-corrected chi connectivity index (χ0v) is 33.5. The van der Waals surface area contributed by atoms with Crippen molar-refractivity contribution in [3.05, 3.63) is 83.2 Å². The van der Waals surface area contributed by atoms with E-state index in [1.54, 1.807) is 24.7 Å². The molecule has 5 amide bonds. The molecule has 314 valence electrons. The van der Waals surface area contributed by atoms with Gasteiger partial charge in [0.1, 0.15) is 35.2 Å². The largest absolute Gasteiger partial charge is 0.490 e. The normalized spacial score (nSPS) is 22.6. The molecule has 1 saturated carbocycles. The molecule has 0 radical (unpaired) electrons. The van der Waals surface area contributed by atoms with Gasteiger partial charge in [-0.1, -0.05) is 0 Å². The SMILES string of the molecule is N#Cc1ccc(OC2CCC(NC(=O)c3cnc(N4CCC(CN5CCN(c6cc7c(cc6F)C(=O)N(C6CCC(=O)NC6=O)C7=O)CC5)CC4)cn3)CC2)c2cccnc12. The van der Waals surface area contributed by atoms with Crippen LogP contribution in [-0.4, -0.2) is 118 Å². The second-order valence-electron chi connectivity index (χ2n) is 16.5. The molecule has 61 heavy (non-hydrogen) atoms. The van der Waals surface area contributed by atoms with Crippen molar-refractivity contribution >= 4 is 51.9 Å². The maximum absolute atomic E-state index is 15.4. The molecule has 0 spiro atoms. The number of anilines is 2. The first kappa shape index (κ1) is 39.9. The third kappa shape index (κ3) is 8.07. The summed E-state index contributed by atoms with van der Waals surface area (Å²) < 4.78 is 21.8. The molecule has 2 aromatic heterocycles. The van der Waals surface area contributed by atoms with Crippen molar-refractivity contribution in [2.45, 2.75) is 69.6 Å². The average molecular weight is 829 g/mol. The van der Waals surface area contributed by atoms with Crippen LogP contribution in [0.25, 0.3) is 10.9 Å². The molecule has 2 aromatic carbocycles. The van der Waals surface area contributed by atoms with Gasteiger partial charge in [0.15, 0.2) is 0 Å². The Morgan fingerprint density at radius 3 is 2.33 bits per heavy atom. The van der Waals surface area contributed by atoms with E-state index in [1.807, 2.05) is 23.1 Å². The number of imide groups is 2. The van der Waals surface area contributed by atoms with Crippen LogP contribution in [0.5, 0.6) is 5.75 Å². The number of carbonyl (C=O) groups is 5. The van der Waals surface area contributed by atoms with E-state index in [4.69, 9.17) is 4.74 Å². The Balaban J connectivity index is 0.709. The summed E-state index contributed by atoms with van der Waals surface area (Å²) in [7, 11) is 0. The summed E-state index contributed by atoms with van der Waals surface area (Å²) in [6, 6.07) is 10.9. The highest BCUT2D eigenvalue weighted by molar-refractivity contribution is 6.23. The van der Waals surface area contributed by atoms with Gasteiger partial charge in [-0.15, -0.1) is 0 Å². The zero-order valence-electron chi connectivity index (χ0n) is 33.5. The maximum atomic E-state index is 15.4. The first-order valence-corrected chi connectivity index (χ1v) is 21.0. The van der Waals surface area contributed by atoms with Crippen molar-refractivity contribution in [2.24, 2.45) is 5.92 Å². The van der Waals surface area contributed by atoms with E-state index in [1.165, 1.54) is 6.07 Å². The molecule has 2 N–H and O–H groups in total. The molecule has 6 heterocycles. The number of nitrogens with one attached hydrogen (secondary N) is 2. The van der Waals surface area contributed by atoms with Gasteiger partial charge in [-0.3, -0.25) is 44.1 Å². The fourth-order valence-electron chi connectivity index (χ4n) is 9.31. The lowest BCUT2D eigenvalue weighted by molar-refractivity contribution is -0.136. The Bertz CT molecular complexity index is 2440. The molecular weight excluding hydrogens is 784 g/mol. The number of hydrogen-bond donors (Lipinski definition) is 2. The van der Waals surface area contributed by atoms with Crippen LogP contribution in [0.3, 0.4) is 0 Å². The van der Waals surface area contributed by atoms with Crippen LogP contribution in [-0.2, 0) is 9.59 Å². The molecule has 0 bridgehead atoms. The monoisotopic (exact) mass is 828 g/mol. The minimum atomic E-state index is -1.10. The summed E-state index contributed by atoms with van der Waals surface area (Å²) >= 11 is 0. The van der Waals surface area contributed by atoms with Gasteiger partial charge in [0.2, 0.25) is 11.8 Å². The molecule has 4 fully saturated rings. The van der Waals surface area contributed by atoms with Gasteiger partial charge in [0, 0.05) is 69.9 Å². The first-order valence-electron chi connectivity index (χ1n) is 21.0. The van der Waals surface area contributed by atoms with Gasteiger partial charge in [-0.25, -0.2) is 14.4 Å². The van der Waals surface area contributed by atoms with E-state index < -0.39 is 35.5 Å². The number of fused-ring (bicyclic) bond motifs is 2. The molecule has 9 rings (SSSR count). The van der Waals surface area contributed by atoms with Crippen LogP contribution in [0.4, 0.5) is 15.9 Å². The number of benzene rings is 2. The summed E-state index contributed by atoms with van der Waals surface area (Å²) in [5, 5.41) is 15.6. The average Bonchev–Trinajstić information content (AvgIpc) is 3.51. The lowest BCUT2D eigenvalue weighted by atomic mass is 9.92. The van der Waals surface area contributed by atoms with Gasteiger partial charge >= 0.3 is 0 Å². The summed E-state index contributed by atoms with van der Waals surface area (Å²) in [4.78, 5) is 84.3. The summed E-state index contributed by atoms with van der Waals surface area (Å²) in [6.07, 6.45) is 9.96. The highest BCUT2D eigenvalue weighted by Crippen LogP contribution is 2.34. The fraction of sp³-hybridized carbons (Fsp3) is 0.432. The number of ether oxygens (including phenoxy) is 1. The molecule has 16 nitrogen and oxygen atoms in total. The molecule has 4 aromatic rings. The van der Waals surface area contributed by atoms with Crippen molar-refractivity contribution in [3.8, 4) is 11.8 Å². The lowest BCUT2D eigenvalue weighted by Crippen LogP contribution is -2.54. The standard InChI is InChI=1S/C44H45FN10O6/c45-33-20-31-32(44(60)55(43(31)59)35-8-10-39(56)51-42(35)58)21-36(33)53-18-16-52(17-19-53)25-26-11-14-54(15-12-26)38-24-48-34(23-49-38)41(57)50-28-4-6-29(7-5-28)61-37-9-3-27(22-46)40-30(37)2-1-13-47-40/h1-3,9,13,20-21,23-24,26,28-29,35H,4-8,10-12,14-19,25H2,(H,50,57)(H,51,56,58). The summed E-state index contributed by atoms with van der Waals surface area (Å²) in [5.41, 5.74) is 1.67. The molecule has 1 unspecified atom stereocenters. The van der Waals surface area contributed by atoms with E-state index in [9.17, 15) is 29.2 Å². The van der Waals surface area contributed by atoms with E-state index >= 15 is 4.39 Å². The minimum absolute atomic E-state index is 0.00180. The fourth-order valence-corrected chi connectivity index (χ4v) is 9.31. The van der Waals surface area contributed by atoms with E-state index in [0.717, 1.165) is 80.3 Å². The minimum Gasteiger partial charge on any atom is -0.490 e. The summed E-state index contributed by atoms with van der Waals surface area (Å²) in [5.74, 6) is -1.46. The molecular formula is C44H45FN10O6. The molecule has 1 aliphatic carbocycles. The number of nitrogens with zero attached hydrogens (tertiary/aromatic N) is 8. The van der Waals surface area contributed by atoms with Crippen molar-refractivity contribution in [3.63, 3.8) is 0 Å². The van der Waals surface area contributed by atoms with Gasteiger partial charge < -0.3 is 19.9 Å². The molecule has 3 saturated heterocycles. The lowest BCUT2D eigenvalue weighted by Gasteiger charge is -2.40. The second kappa shape index (κ2) is 16.8. The predicted octanol–water partition coefficient (Wildman–Crippen LogP) is 3.60. The Kier molecular flexibility index (Phi) is 11.0. The topological polar surface area (TPSA) is 194 Å². The molecule has 1 atom stereocenters. The van der Waals surface area contributed by atoms with Crippen molar-refractivity contribution in [1.82, 2.24) is 35.4 Å². The number of amides is 5. The van der Waals surface area contributed by atoms with Crippen LogP contribution < -0.4 is 25.2 Å². The van der Waals surface area contributed by atoms with Crippen LogP contribution in [0.15, 0.2) is 55.0 Å². The highest BCUT2D eigenvalue weighted by Gasteiger charge is 2.45. The Labute approximate surface area is 351 Å². The van der Waals surface area contributed by atoms with Gasteiger partial charge in [0.25, 0.3) is 17.7 Å². The number of halogens is 1. The van der Waals surface area contributed by atoms with Crippen molar-refractivity contribution in [1.29, 1.82) is 5.26 Å². The number of nitriles is 1. The van der Waals surface area contributed by atoms with Crippen LogP contribution in [0.1, 0.15) is 88.1 Å². The third-order valence-corrected chi connectivity index (χ3v) is 12.7. The number of rotatable bonds is 9. The van der Waals surface area contributed by atoms with E-state index in [2.05, 4.69) is 41.5 Å². The number of aromatic nitrogens is 3. The number of carbonyl (C=O) groups excluding carboxylic acids is 5. The summed E-state index contributed by atoms with van der Waals surface area (Å²) in [6.45, 7) is 5.06. The number of hydrogen-bond acceptors (Lipinski definition) is 13. The number of pyridine rings is 1. The predicted molar refractivity (Wildman–Crippen MR) is 219 cm³/mol. The van der Waals surface area contributed by atoms with Crippen LogP contribution >= 0.6 is 0 Å². The van der Waals surface area contributed by atoms with Crippen LogP contribution in [0.2, 0.25) is 0 Å². The Morgan fingerprint density at radius 1 is 0.869 bits per heavy atom. The smallest absolute Gasteiger partial charge is 0.271 e. The van der Waals surface area contributed by atoms with E-state index in [-0.39, 0.29) is 53.4 Å². The molecule has 17 heteroatoms. The zero-order chi connectivity index (χ0) is 42.2. The Morgan fingerprint density at radius 2 is 1.62 bits per heavy atom. The second-order valence-corrected chi connectivity index (χ2v) is 16.5. The van der Waals surface area contributed by atoms with Crippen molar-refractivity contribution < 1.29 is 33.1 Å². The molecule has 5 aliphatic rings. The van der Waals surface area contributed by atoms with E-state index in [0.29, 0.717) is 48.9 Å². The van der Waals surface area contributed by atoms with Crippen molar-refractivity contribution in [2.75, 3.05) is 55.6 Å².